The molecule has 1 unspecified atom stereocenters. The maximum absolute atomic E-state index is 12.2. The summed E-state index contributed by atoms with van der Waals surface area (Å²) >= 11 is 10.9. The molecule has 0 aliphatic rings. The lowest BCUT2D eigenvalue weighted by Crippen LogP contribution is -2.26. The summed E-state index contributed by atoms with van der Waals surface area (Å²) in [4.78, 5) is 17.7. The second kappa shape index (κ2) is 6.70. The number of thiazole rings is 1. The van der Waals surface area contributed by atoms with Crippen molar-refractivity contribution in [1.82, 2.24) is 10.3 Å². The van der Waals surface area contributed by atoms with Gasteiger partial charge in [-0.15, -0.1) is 11.3 Å². The molecule has 0 saturated heterocycles. The zero-order chi connectivity index (χ0) is 14.7. The van der Waals surface area contributed by atoms with Crippen molar-refractivity contribution in [2.45, 2.75) is 26.3 Å². The molecule has 106 valence electrons. The van der Waals surface area contributed by atoms with Crippen LogP contribution in [-0.2, 0) is 6.42 Å². The third kappa shape index (κ3) is 3.59. The van der Waals surface area contributed by atoms with Crippen LogP contribution in [-0.4, -0.2) is 10.9 Å². The van der Waals surface area contributed by atoms with Crippen molar-refractivity contribution in [3.05, 3.63) is 49.3 Å². The topological polar surface area (TPSA) is 42.0 Å². The van der Waals surface area contributed by atoms with Crippen molar-refractivity contribution in [3.8, 4) is 0 Å². The van der Waals surface area contributed by atoms with Crippen molar-refractivity contribution >= 4 is 44.8 Å². The van der Waals surface area contributed by atoms with Gasteiger partial charge in [0.25, 0.3) is 5.91 Å². The maximum Gasteiger partial charge on any atom is 0.251 e. The largest absolute Gasteiger partial charge is 0.343 e. The Morgan fingerprint density at radius 2 is 2.30 bits per heavy atom. The number of carbonyl (C=O) groups is 1. The summed E-state index contributed by atoms with van der Waals surface area (Å²) in [6.45, 7) is 4.01. The van der Waals surface area contributed by atoms with Crippen LogP contribution in [0.25, 0.3) is 0 Å². The number of halogens is 2. The maximum atomic E-state index is 12.2. The summed E-state index contributed by atoms with van der Waals surface area (Å²) in [5.41, 5.74) is 0.539. The average Bonchev–Trinajstić information content (AvgIpc) is 2.90. The summed E-state index contributed by atoms with van der Waals surface area (Å²) in [5.74, 6) is -0.153. The summed E-state index contributed by atoms with van der Waals surface area (Å²) in [6.07, 6.45) is 2.82. The van der Waals surface area contributed by atoms with E-state index in [9.17, 15) is 4.79 Å². The lowest BCUT2D eigenvalue weighted by molar-refractivity contribution is 0.0940. The fraction of sp³-hybridized carbons (Fsp3) is 0.286. The fourth-order valence-electron chi connectivity index (χ4n) is 1.67. The van der Waals surface area contributed by atoms with E-state index >= 15 is 0 Å². The van der Waals surface area contributed by atoms with Crippen LogP contribution >= 0.6 is 38.9 Å². The minimum Gasteiger partial charge on any atom is -0.343 e. The highest BCUT2D eigenvalue weighted by atomic mass is 79.9. The van der Waals surface area contributed by atoms with E-state index in [4.69, 9.17) is 11.6 Å². The number of hydrogen-bond acceptors (Lipinski definition) is 3. The summed E-state index contributed by atoms with van der Waals surface area (Å²) in [5, 5.41) is 4.37. The molecule has 1 aromatic heterocycles. The van der Waals surface area contributed by atoms with Gasteiger partial charge in [-0.3, -0.25) is 4.79 Å². The van der Waals surface area contributed by atoms with Crippen LogP contribution in [0, 0.1) is 0 Å². The molecule has 1 heterocycles. The zero-order valence-corrected chi connectivity index (χ0v) is 14.3. The molecule has 0 radical (unpaired) electrons. The predicted molar refractivity (Wildman–Crippen MR) is 86.5 cm³/mol. The van der Waals surface area contributed by atoms with Crippen molar-refractivity contribution in [2.75, 3.05) is 0 Å². The van der Waals surface area contributed by atoms with E-state index in [1.165, 1.54) is 4.88 Å². The lowest BCUT2D eigenvalue weighted by atomic mass is 10.2. The number of aromatic nitrogens is 1. The van der Waals surface area contributed by atoms with Gasteiger partial charge in [-0.25, -0.2) is 4.98 Å². The highest BCUT2D eigenvalue weighted by Crippen LogP contribution is 2.24. The van der Waals surface area contributed by atoms with Crippen LogP contribution in [0.2, 0.25) is 5.02 Å². The smallest absolute Gasteiger partial charge is 0.251 e. The first-order valence-corrected chi connectivity index (χ1v) is 8.20. The number of nitrogens with one attached hydrogen (secondary N) is 1. The Morgan fingerprint density at radius 1 is 1.55 bits per heavy atom. The van der Waals surface area contributed by atoms with Crippen LogP contribution < -0.4 is 5.32 Å². The van der Waals surface area contributed by atoms with Crippen LogP contribution in [0.15, 0.2) is 28.9 Å². The number of aryl methyl sites for hydroxylation is 1. The van der Waals surface area contributed by atoms with E-state index in [1.807, 2.05) is 13.1 Å². The van der Waals surface area contributed by atoms with E-state index < -0.39 is 0 Å². The molecular weight excluding hydrogens is 360 g/mol. The van der Waals surface area contributed by atoms with Gasteiger partial charge in [0.1, 0.15) is 5.01 Å². The summed E-state index contributed by atoms with van der Waals surface area (Å²) < 4.78 is 0.774. The normalized spacial score (nSPS) is 12.2. The quantitative estimate of drug-likeness (QED) is 0.850. The number of rotatable bonds is 4. The zero-order valence-electron chi connectivity index (χ0n) is 11.1. The molecule has 0 saturated carbocycles. The Balaban J connectivity index is 2.08. The van der Waals surface area contributed by atoms with Gasteiger partial charge in [0.2, 0.25) is 0 Å². The molecule has 20 heavy (non-hydrogen) atoms. The van der Waals surface area contributed by atoms with Crippen molar-refractivity contribution in [2.24, 2.45) is 0 Å². The fourth-order valence-corrected chi connectivity index (χ4v) is 2.95. The SMILES string of the molecule is CCc1cnc(C(C)NC(=O)c2ccc(Br)c(Cl)c2)s1. The summed E-state index contributed by atoms with van der Waals surface area (Å²) in [7, 11) is 0. The number of amides is 1. The molecule has 3 nitrogen and oxygen atoms in total. The Bertz CT molecular complexity index is 629. The molecule has 2 aromatic rings. The van der Waals surface area contributed by atoms with Gasteiger partial charge >= 0.3 is 0 Å². The first-order valence-electron chi connectivity index (χ1n) is 6.21. The summed E-state index contributed by atoms with van der Waals surface area (Å²) in [6, 6.07) is 5.03. The van der Waals surface area contributed by atoms with Gasteiger partial charge in [-0.1, -0.05) is 18.5 Å². The Labute approximate surface area is 135 Å². The van der Waals surface area contributed by atoms with E-state index in [-0.39, 0.29) is 11.9 Å². The second-order valence-electron chi connectivity index (χ2n) is 4.34. The highest BCUT2D eigenvalue weighted by molar-refractivity contribution is 9.10. The average molecular weight is 374 g/mol. The molecular formula is C14H14BrClN2OS. The van der Waals surface area contributed by atoms with Gasteiger partial charge in [0, 0.05) is 21.1 Å². The number of carbonyl (C=O) groups excluding carboxylic acids is 1. The number of nitrogens with zero attached hydrogens (tertiary/aromatic N) is 1. The van der Waals surface area contributed by atoms with Crippen LogP contribution in [0.5, 0.6) is 0 Å². The van der Waals surface area contributed by atoms with Gasteiger partial charge < -0.3 is 5.32 Å². The Morgan fingerprint density at radius 3 is 2.90 bits per heavy atom. The van der Waals surface area contributed by atoms with Gasteiger partial charge in [0.15, 0.2) is 0 Å². The minimum absolute atomic E-state index is 0.116. The lowest BCUT2D eigenvalue weighted by Gasteiger charge is -2.11. The Kier molecular flexibility index (Phi) is 5.18. The standard InChI is InChI=1S/C14H14BrClN2OS/c1-3-10-7-17-14(20-10)8(2)18-13(19)9-4-5-11(15)12(16)6-9/h4-8H,3H2,1-2H3,(H,18,19). The Hall–Kier alpha value is -0.910. The van der Waals surface area contributed by atoms with Crippen molar-refractivity contribution in [3.63, 3.8) is 0 Å². The van der Waals surface area contributed by atoms with Crippen LogP contribution in [0.4, 0.5) is 0 Å². The number of benzene rings is 1. The third-order valence-electron chi connectivity index (χ3n) is 2.82. The molecule has 0 spiro atoms. The van der Waals surface area contributed by atoms with Crippen LogP contribution in [0.3, 0.4) is 0 Å². The molecule has 0 aliphatic carbocycles. The molecule has 6 heteroatoms. The molecule has 1 atom stereocenters. The van der Waals surface area contributed by atoms with Gasteiger partial charge in [0.05, 0.1) is 11.1 Å². The van der Waals surface area contributed by atoms with E-state index in [1.54, 1.807) is 29.5 Å². The van der Waals surface area contributed by atoms with Crippen LogP contribution in [0.1, 0.15) is 40.1 Å². The highest BCUT2D eigenvalue weighted by Gasteiger charge is 2.15. The van der Waals surface area contributed by atoms with E-state index in [2.05, 4.69) is 33.2 Å². The van der Waals surface area contributed by atoms with Gasteiger partial charge in [-0.05, 0) is 47.5 Å². The molecule has 0 bridgehead atoms. The minimum atomic E-state index is -0.153. The van der Waals surface area contributed by atoms with E-state index in [0.717, 1.165) is 15.9 Å². The molecule has 0 fully saturated rings. The van der Waals surface area contributed by atoms with Crippen molar-refractivity contribution in [1.29, 1.82) is 0 Å². The van der Waals surface area contributed by atoms with E-state index in [0.29, 0.717) is 10.6 Å². The second-order valence-corrected chi connectivity index (χ2v) is 6.75. The van der Waals surface area contributed by atoms with Gasteiger partial charge in [-0.2, -0.15) is 0 Å². The number of hydrogen-bond donors (Lipinski definition) is 1. The molecule has 1 aromatic carbocycles. The first-order chi connectivity index (χ1) is 9.51. The predicted octanol–water partition coefficient (Wildman–Crippen LogP) is 4.61. The molecule has 0 aliphatic heterocycles. The molecule has 1 amide bonds. The first kappa shape index (κ1) is 15.5. The molecule has 1 N–H and O–H groups in total. The molecule has 2 rings (SSSR count). The monoisotopic (exact) mass is 372 g/mol. The van der Waals surface area contributed by atoms with Crippen molar-refractivity contribution < 1.29 is 4.79 Å². The third-order valence-corrected chi connectivity index (χ3v) is 5.38.